The molecule has 3 heteroatoms. The van der Waals surface area contributed by atoms with Gasteiger partial charge in [0.15, 0.2) is 0 Å². The van der Waals surface area contributed by atoms with Gasteiger partial charge in [-0.1, -0.05) is 0 Å². The van der Waals surface area contributed by atoms with Crippen LogP contribution in [0, 0.1) is 11.8 Å². The number of methoxy groups -OCH3 is 1. The molecular formula is C10H16O3. The lowest BCUT2D eigenvalue weighted by molar-refractivity contribution is -0.140. The fraction of sp³-hybridized carbons (Fsp3) is 0.700. The van der Waals surface area contributed by atoms with Crippen molar-refractivity contribution in [3.8, 4) is 11.8 Å². The van der Waals surface area contributed by atoms with Crippen molar-refractivity contribution in [1.82, 2.24) is 0 Å². The summed E-state index contributed by atoms with van der Waals surface area (Å²) in [6.45, 7) is 0.120. The van der Waals surface area contributed by atoms with Crippen molar-refractivity contribution in [3.05, 3.63) is 0 Å². The first kappa shape index (κ1) is 12.0. The van der Waals surface area contributed by atoms with Crippen LogP contribution in [-0.2, 0) is 9.53 Å². The Bertz CT molecular complexity index is 188. The molecule has 0 spiro atoms. The lowest BCUT2D eigenvalue weighted by Gasteiger charge is -1.95. The highest BCUT2D eigenvalue weighted by atomic mass is 16.5. The zero-order valence-corrected chi connectivity index (χ0v) is 8.01. The summed E-state index contributed by atoms with van der Waals surface area (Å²) >= 11 is 0. The monoisotopic (exact) mass is 184 g/mol. The quantitative estimate of drug-likeness (QED) is 0.395. The minimum absolute atomic E-state index is 0.120. The molecule has 0 radical (unpaired) electrons. The van der Waals surface area contributed by atoms with Gasteiger partial charge in [0.25, 0.3) is 0 Å². The molecule has 0 saturated heterocycles. The van der Waals surface area contributed by atoms with E-state index in [1.54, 1.807) is 0 Å². The van der Waals surface area contributed by atoms with Gasteiger partial charge < -0.3 is 9.84 Å². The van der Waals surface area contributed by atoms with Gasteiger partial charge >= 0.3 is 5.97 Å². The van der Waals surface area contributed by atoms with E-state index in [0.717, 1.165) is 19.3 Å². The molecule has 0 unspecified atom stereocenters. The molecule has 0 fully saturated rings. The Balaban J connectivity index is 3.18. The fourth-order valence-electron chi connectivity index (χ4n) is 0.817. The second-order valence-electron chi connectivity index (χ2n) is 2.61. The third-order valence-corrected chi connectivity index (χ3v) is 1.52. The molecule has 0 aromatic heterocycles. The van der Waals surface area contributed by atoms with Crippen LogP contribution < -0.4 is 0 Å². The molecule has 0 atom stereocenters. The van der Waals surface area contributed by atoms with E-state index in [1.807, 2.05) is 0 Å². The minimum atomic E-state index is -0.164. The highest BCUT2D eigenvalue weighted by Gasteiger charge is 1.97. The number of rotatable bonds is 5. The fourth-order valence-corrected chi connectivity index (χ4v) is 0.817. The van der Waals surface area contributed by atoms with Crippen LogP contribution in [0.25, 0.3) is 0 Å². The standard InChI is InChI=1S/C10H16O3/c1-13-10(12)8-6-4-2-3-5-7-9-11/h11H,2,4,6-9H2,1H3. The molecule has 0 aromatic carbocycles. The molecule has 0 saturated carbocycles. The van der Waals surface area contributed by atoms with E-state index in [9.17, 15) is 4.79 Å². The summed E-state index contributed by atoms with van der Waals surface area (Å²) in [5, 5.41) is 8.41. The molecule has 1 N–H and O–H groups in total. The van der Waals surface area contributed by atoms with Gasteiger partial charge in [-0.25, -0.2) is 0 Å². The van der Waals surface area contributed by atoms with Crippen molar-refractivity contribution in [1.29, 1.82) is 0 Å². The van der Waals surface area contributed by atoms with Crippen molar-refractivity contribution in [2.45, 2.75) is 32.1 Å². The Labute approximate surface area is 79.1 Å². The summed E-state index contributed by atoms with van der Waals surface area (Å²) in [5.41, 5.74) is 0. The number of ether oxygens (including phenoxy) is 1. The Kier molecular flexibility index (Phi) is 8.38. The van der Waals surface area contributed by atoms with Crippen LogP contribution in [-0.4, -0.2) is 24.8 Å². The maximum Gasteiger partial charge on any atom is 0.305 e. The van der Waals surface area contributed by atoms with Gasteiger partial charge in [-0.3, -0.25) is 4.79 Å². The van der Waals surface area contributed by atoms with Crippen LogP contribution >= 0.6 is 0 Å². The van der Waals surface area contributed by atoms with Crippen LogP contribution in [0.15, 0.2) is 0 Å². The van der Waals surface area contributed by atoms with E-state index < -0.39 is 0 Å². The molecule has 13 heavy (non-hydrogen) atoms. The Morgan fingerprint density at radius 1 is 1.31 bits per heavy atom. The van der Waals surface area contributed by atoms with Gasteiger partial charge in [0.05, 0.1) is 13.7 Å². The molecule has 3 nitrogen and oxygen atoms in total. The Morgan fingerprint density at radius 3 is 2.62 bits per heavy atom. The number of esters is 1. The third-order valence-electron chi connectivity index (χ3n) is 1.52. The average Bonchev–Trinajstić information content (AvgIpc) is 2.16. The normalized spacial score (nSPS) is 8.77. The third kappa shape index (κ3) is 8.90. The van der Waals surface area contributed by atoms with Crippen molar-refractivity contribution in [3.63, 3.8) is 0 Å². The zero-order chi connectivity index (χ0) is 9.94. The second-order valence-corrected chi connectivity index (χ2v) is 2.61. The molecule has 0 amide bonds. The van der Waals surface area contributed by atoms with Crippen LogP contribution in [0.1, 0.15) is 32.1 Å². The smallest absolute Gasteiger partial charge is 0.305 e. The minimum Gasteiger partial charge on any atom is -0.469 e. The zero-order valence-electron chi connectivity index (χ0n) is 8.01. The topological polar surface area (TPSA) is 46.5 Å². The molecule has 0 aliphatic heterocycles. The van der Waals surface area contributed by atoms with Crippen LogP contribution in [0.2, 0.25) is 0 Å². The number of carbonyl (C=O) groups excluding carboxylic acids is 1. The first-order valence-corrected chi connectivity index (χ1v) is 4.44. The van der Waals surface area contributed by atoms with E-state index in [4.69, 9.17) is 5.11 Å². The number of aliphatic hydroxyl groups is 1. The highest BCUT2D eigenvalue weighted by Crippen LogP contribution is 1.99. The molecule has 0 aliphatic carbocycles. The molecule has 74 valence electrons. The Morgan fingerprint density at radius 2 is 2.00 bits per heavy atom. The van der Waals surface area contributed by atoms with Crippen LogP contribution in [0.3, 0.4) is 0 Å². The summed E-state index contributed by atoms with van der Waals surface area (Å²) in [6, 6.07) is 0. The van der Waals surface area contributed by atoms with E-state index in [2.05, 4.69) is 16.6 Å². The number of hydrogen-bond acceptors (Lipinski definition) is 3. The van der Waals surface area contributed by atoms with Crippen LogP contribution in [0.4, 0.5) is 0 Å². The number of hydrogen-bond donors (Lipinski definition) is 1. The largest absolute Gasteiger partial charge is 0.469 e. The second kappa shape index (κ2) is 9.08. The molecule has 0 aliphatic rings. The predicted octanol–water partition coefficient (Wildman–Crippen LogP) is 1.11. The molecule has 0 heterocycles. The van der Waals surface area contributed by atoms with E-state index >= 15 is 0 Å². The van der Waals surface area contributed by atoms with E-state index in [-0.39, 0.29) is 12.6 Å². The van der Waals surface area contributed by atoms with Crippen molar-refractivity contribution in [2.75, 3.05) is 13.7 Å². The summed E-state index contributed by atoms with van der Waals surface area (Å²) in [4.78, 5) is 10.7. The Hall–Kier alpha value is -1.01. The lowest BCUT2D eigenvalue weighted by atomic mass is 10.2. The number of aliphatic hydroxyl groups excluding tert-OH is 1. The summed E-state index contributed by atoms with van der Waals surface area (Å²) in [7, 11) is 1.39. The van der Waals surface area contributed by atoms with Gasteiger partial charge in [0.1, 0.15) is 0 Å². The van der Waals surface area contributed by atoms with Gasteiger partial charge in [0, 0.05) is 19.3 Å². The van der Waals surface area contributed by atoms with E-state index in [0.29, 0.717) is 12.8 Å². The first-order chi connectivity index (χ1) is 6.31. The molecule has 0 aromatic rings. The maximum absolute atomic E-state index is 10.7. The summed E-state index contributed by atoms with van der Waals surface area (Å²) in [6.07, 6.45) is 3.53. The maximum atomic E-state index is 10.7. The average molecular weight is 184 g/mol. The summed E-state index contributed by atoms with van der Waals surface area (Å²) < 4.78 is 4.49. The molecule has 0 bridgehead atoms. The van der Waals surface area contributed by atoms with Crippen molar-refractivity contribution < 1.29 is 14.6 Å². The highest BCUT2D eigenvalue weighted by molar-refractivity contribution is 5.68. The van der Waals surface area contributed by atoms with Gasteiger partial charge in [-0.15, -0.1) is 11.8 Å². The van der Waals surface area contributed by atoms with Crippen LogP contribution in [0.5, 0.6) is 0 Å². The van der Waals surface area contributed by atoms with Crippen molar-refractivity contribution >= 4 is 5.97 Å². The number of carbonyl (C=O) groups is 1. The van der Waals surface area contributed by atoms with Gasteiger partial charge in [-0.2, -0.15) is 0 Å². The van der Waals surface area contributed by atoms with Gasteiger partial charge in [0.2, 0.25) is 0 Å². The molecule has 0 rings (SSSR count). The predicted molar refractivity (Wildman–Crippen MR) is 50.0 cm³/mol. The van der Waals surface area contributed by atoms with Gasteiger partial charge in [-0.05, 0) is 12.8 Å². The first-order valence-electron chi connectivity index (χ1n) is 4.44. The SMILES string of the molecule is COC(=O)CCCCC#CCCO. The lowest BCUT2D eigenvalue weighted by Crippen LogP contribution is -1.98. The summed E-state index contributed by atoms with van der Waals surface area (Å²) in [5.74, 6) is 5.57. The number of unbranched alkanes of at least 4 members (excludes halogenated alkanes) is 2. The van der Waals surface area contributed by atoms with E-state index in [1.165, 1.54) is 7.11 Å². The van der Waals surface area contributed by atoms with Crippen molar-refractivity contribution in [2.24, 2.45) is 0 Å². The molecular weight excluding hydrogens is 168 g/mol.